The molecule has 6 heteroatoms. The van der Waals surface area contributed by atoms with Crippen molar-refractivity contribution >= 4 is 11.6 Å². The lowest BCUT2D eigenvalue weighted by atomic mass is 10.1. The van der Waals surface area contributed by atoms with Gasteiger partial charge in [-0.05, 0) is 19.0 Å². The van der Waals surface area contributed by atoms with E-state index in [0.717, 1.165) is 13.0 Å². The van der Waals surface area contributed by atoms with Crippen molar-refractivity contribution in [3.05, 3.63) is 39.9 Å². The van der Waals surface area contributed by atoms with Crippen LogP contribution in [0, 0.1) is 10.1 Å². The molecular formula is C11H13N3O3. The number of nitrogens with one attached hydrogen (secondary N) is 2. The van der Waals surface area contributed by atoms with E-state index in [9.17, 15) is 14.9 Å². The van der Waals surface area contributed by atoms with Gasteiger partial charge in [-0.15, -0.1) is 0 Å². The Labute approximate surface area is 98.2 Å². The van der Waals surface area contributed by atoms with E-state index >= 15 is 0 Å². The molecule has 1 unspecified atom stereocenters. The van der Waals surface area contributed by atoms with E-state index in [4.69, 9.17) is 0 Å². The van der Waals surface area contributed by atoms with Crippen molar-refractivity contribution in [1.29, 1.82) is 0 Å². The number of carbonyl (C=O) groups is 1. The zero-order valence-electron chi connectivity index (χ0n) is 9.18. The first-order chi connectivity index (χ1) is 8.18. The Hall–Kier alpha value is -1.95. The highest BCUT2D eigenvalue weighted by atomic mass is 16.6. The van der Waals surface area contributed by atoms with Crippen LogP contribution in [0.2, 0.25) is 0 Å². The van der Waals surface area contributed by atoms with E-state index < -0.39 is 4.92 Å². The average molecular weight is 235 g/mol. The maximum atomic E-state index is 11.9. The summed E-state index contributed by atoms with van der Waals surface area (Å²) >= 11 is 0. The summed E-state index contributed by atoms with van der Waals surface area (Å²) in [5, 5.41) is 16.7. The fraction of sp³-hybridized carbons (Fsp3) is 0.364. The standard InChI is InChI=1S/C11H13N3O3/c15-11(13-8-5-6-12-7-8)9-3-1-2-4-10(9)14(16)17/h1-4,8,12H,5-7H2,(H,13,15). The fourth-order valence-corrected chi connectivity index (χ4v) is 1.87. The third kappa shape index (κ3) is 2.59. The van der Waals surface area contributed by atoms with Crippen molar-refractivity contribution < 1.29 is 9.72 Å². The van der Waals surface area contributed by atoms with E-state index in [1.807, 2.05) is 0 Å². The van der Waals surface area contributed by atoms with E-state index in [1.54, 1.807) is 12.1 Å². The van der Waals surface area contributed by atoms with Crippen LogP contribution in [0.25, 0.3) is 0 Å². The van der Waals surface area contributed by atoms with Crippen LogP contribution in [-0.2, 0) is 0 Å². The van der Waals surface area contributed by atoms with Crippen molar-refractivity contribution in [3.8, 4) is 0 Å². The minimum absolute atomic E-state index is 0.0577. The Kier molecular flexibility index (Phi) is 3.34. The van der Waals surface area contributed by atoms with Crippen molar-refractivity contribution in [2.75, 3.05) is 13.1 Å². The van der Waals surface area contributed by atoms with Gasteiger partial charge >= 0.3 is 0 Å². The van der Waals surface area contributed by atoms with Crippen molar-refractivity contribution in [3.63, 3.8) is 0 Å². The van der Waals surface area contributed by atoms with Crippen LogP contribution in [0.1, 0.15) is 16.8 Å². The molecule has 1 atom stereocenters. The lowest BCUT2D eigenvalue weighted by Crippen LogP contribution is -2.36. The molecule has 1 fully saturated rings. The normalized spacial score (nSPS) is 18.9. The number of nitrogens with zero attached hydrogens (tertiary/aromatic N) is 1. The van der Waals surface area contributed by atoms with E-state index in [-0.39, 0.29) is 23.2 Å². The second-order valence-electron chi connectivity index (χ2n) is 3.94. The average Bonchev–Trinajstić information content (AvgIpc) is 2.81. The fourth-order valence-electron chi connectivity index (χ4n) is 1.87. The smallest absolute Gasteiger partial charge is 0.282 e. The maximum Gasteiger partial charge on any atom is 0.282 e. The number of nitro benzene ring substituents is 1. The molecular weight excluding hydrogens is 222 g/mol. The van der Waals surface area contributed by atoms with Gasteiger partial charge in [-0.3, -0.25) is 14.9 Å². The summed E-state index contributed by atoms with van der Waals surface area (Å²) in [6.45, 7) is 1.58. The third-order valence-electron chi connectivity index (χ3n) is 2.74. The molecule has 0 bridgehead atoms. The summed E-state index contributed by atoms with van der Waals surface area (Å²) in [6, 6.07) is 6.03. The molecule has 90 valence electrons. The second kappa shape index (κ2) is 4.92. The minimum Gasteiger partial charge on any atom is -0.348 e. The van der Waals surface area contributed by atoms with Crippen molar-refractivity contribution in [2.45, 2.75) is 12.5 Å². The highest BCUT2D eigenvalue weighted by Gasteiger charge is 2.22. The van der Waals surface area contributed by atoms with E-state index in [0.29, 0.717) is 6.54 Å². The Balaban J connectivity index is 2.15. The van der Waals surface area contributed by atoms with Gasteiger partial charge in [-0.25, -0.2) is 0 Å². The monoisotopic (exact) mass is 235 g/mol. The molecule has 0 aliphatic carbocycles. The van der Waals surface area contributed by atoms with Crippen LogP contribution in [0.15, 0.2) is 24.3 Å². The minimum atomic E-state index is -0.540. The quantitative estimate of drug-likeness (QED) is 0.596. The number of hydrogen-bond acceptors (Lipinski definition) is 4. The second-order valence-corrected chi connectivity index (χ2v) is 3.94. The summed E-state index contributed by atoms with van der Waals surface area (Å²) in [5.41, 5.74) is -0.0413. The van der Waals surface area contributed by atoms with Gasteiger partial charge in [-0.1, -0.05) is 12.1 Å². The van der Waals surface area contributed by atoms with Gasteiger partial charge in [-0.2, -0.15) is 0 Å². The lowest BCUT2D eigenvalue weighted by Gasteiger charge is -2.11. The molecule has 0 spiro atoms. The molecule has 6 nitrogen and oxygen atoms in total. The SMILES string of the molecule is O=C(NC1CCNC1)c1ccccc1[N+](=O)[O-]. The number of nitro groups is 1. The molecule has 1 heterocycles. The first kappa shape index (κ1) is 11.5. The van der Waals surface area contributed by atoms with Gasteiger partial charge in [0, 0.05) is 18.7 Å². The highest BCUT2D eigenvalue weighted by Crippen LogP contribution is 2.17. The Morgan fingerprint density at radius 2 is 2.24 bits per heavy atom. The van der Waals surface area contributed by atoms with Gasteiger partial charge < -0.3 is 10.6 Å². The number of benzene rings is 1. The van der Waals surface area contributed by atoms with Crippen LogP contribution in [-0.4, -0.2) is 30.0 Å². The van der Waals surface area contributed by atoms with Gasteiger partial charge in [0.2, 0.25) is 0 Å². The van der Waals surface area contributed by atoms with E-state index in [1.165, 1.54) is 12.1 Å². The highest BCUT2D eigenvalue weighted by molar-refractivity contribution is 5.98. The van der Waals surface area contributed by atoms with Gasteiger partial charge in [0.05, 0.1) is 4.92 Å². The molecule has 0 saturated carbocycles. The maximum absolute atomic E-state index is 11.9. The third-order valence-corrected chi connectivity index (χ3v) is 2.74. The van der Waals surface area contributed by atoms with Gasteiger partial charge in [0.25, 0.3) is 11.6 Å². The summed E-state index contributed by atoms with van der Waals surface area (Å²) in [7, 11) is 0. The topological polar surface area (TPSA) is 84.3 Å². The van der Waals surface area contributed by atoms with E-state index in [2.05, 4.69) is 10.6 Å². The lowest BCUT2D eigenvalue weighted by molar-refractivity contribution is -0.385. The summed E-state index contributed by atoms with van der Waals surface area (Å²) in [6.07, 6.45) is 0.854. The van der Waals surface area contributed by atoms with Gasteiger partial charge in [0.1, 0.15) is 5.56 Å². The van der Waals surface area contributed by atoms with Gasteiger partial charge in [0.15, 0.2) is 0 Å². The summed E-state index contributed by atoms with van der Waals surface area (Å²) in [5.74, 6) is -0.383. The molecule has 0 aromatic heterocycles. The first-order valence-electron chi connectivity index (χ1n) is 5.43. The molecule has 0 radical (unpaired) electrons. The first-order valence-corrected chi connectivity index (χ1v) is 5.43. The van der Waals surface area contributed by atoms with Crippen LogP contribution < -0.4 is 10.6 Å². The van der Waals surface area contributed by atoms with Crippen LogP contribution in [0.5, 0.6) is 0 Å². The molecule has 1 aromatic carbocycles. The molecule has 1 aliphatic rings. The zero-order chi connectivity index (χ0) is 12.3. The summed E-state index contributed by atoms with van der Waals surface area (Å²) < 4.78 is 0. The van der Waals surface area contributed by atoms with Crippen molar-refractivity contribution in [1.82, 2.24) is 10.6 Å². The number of para-hydroxylation sites is 1. The molecule has 1 aromatic rings. The predicted molar refractivity (Wildman–Crippen MR) is 61.8 cm³/mol. The molecule has 1 aliphatic heterocycles. The van der Waals surface area contributed by atoms with Crippen LogP contribution in [0.4, 0.5) is 5.69 Å². The molecule has 17 heavy (non-hydrogen) atoms. The number of carbonyl (C=O) groups excluding carboxylic acids is 1. The molecule has 2 rings (SSSR count). The number of amides is 1. The molecule has 1 saturated heterocycles. The van der Waals surface area contributed by atoms with Crippen LogP contribution >= 0.6 is 0 Å². The predicted octanol–water partition coefficient (Wildman–Crippen LogP) is 0.686. The van der Waals surface area contributed by atoms with Crippen molar-refractivity contribution in [2.24, 2.45) is 0 Å². The summed E-state index contributed by atoms with van der Waals surface area (Å²) in [4.78, 5) is 22.1. The Bertz CT molecular complexity index is 441. The molecule has 1 amide bonds. The Morgan fingerprint density at radius 3 is 2.88 bits per heavy atom. The number of rotatable bonds is 3. The molecule has 2 N–H and O–H groups in total. The Morgan fingerprint density at radius 1 is 1.47 bits per heavy atom. The largest absolute Gasteiger partial charge is 0.348 e. The zero-order valence-corrected chi connectivity index (χ0v) is 9.18. The number of hydrogen-bond donors (Lipinski definition) is 2. The van der Waals surface area contributed by atoms with Crippen LogP contribution in [0.3, 0.4) is 0 Å².